The van der Waals surface area contributed by atoms with Crippen molar-refractivity contribution in [2.45, 2.75) is 13.8 Å². The summed E-state index contributed by atoms with van der Waals surface area (Å²) in [7, 11) is 0. The van der Waals surface area contributed by atoms with E-state index in [1.54, 1.807) is 24.5 Å². The molecule has 3 aromatic rings. The van der Waals surface area contributed by atoms with Crippen LogP contribution in [0.4, 0.5) is 23.0 Å². The fraction of sp³-hybridized carbons (Fsp3) is 0.143. The van der Waals surface area contributed by atoms with Crippen LogP contribution < -0.4 is 9.80 Å². The Morgan fingerprint density at radius 1 is 0.870 bits per heavy atom. The molecule has 0 radical (unpaired) electrons. The minimum atomic E-state index is -0.283. The monoisotopic (exact) mass is 310 g/mol. The predicted molar refractivity (Wildman–Crippen MR) is 79.5 cm³/mol. The second-order valence-corrected chi connectivity index (χ2v) is 5.01. The van der Waals surface area contributed by atoms with Crippen LogP contribution >= 0.6 is 0 Å². The van der Waals surface area contributed by atoms with E-state index in [1.807, 2.05) is 0 Å². The maximum Gasteiger partial charge on any atom is 0.230 e. The minimum Gasteiger partial charge on any atom is -0.274 e. The first kappa shape index (κ1) is 13.3. The van der Waals surface area contributed by atoms with Crippen molar-refractivity contribution in [1.29, 1.82) is 0 Å². The number of hydrogen-bond acceptors (Lipinski definition) is 7. The SMILES string of the molecule is CC(=O)N1c2cc3nccnc3cc2N(C(C)=O)c2nonc21. The predicted octanol–water partition coefficient (Wildman–Crippen LogP) is 1.70. The third-order valence-corrected chi connectivity index (χ3v) is 3.56. The fourth-order valence-electron chi connectivity index (χ4n) is 2.67. The molecule has 9 nitrogen and oxygen atoms in total. The van der Waals surface area contributed by atoms with Crippen LogP contribution in [0.1, 0.15) is 13.8 Å². The first-order valence-corrected chi connectivity index (χ1v) is 6.76. The molecule has 9 heteroatoms. The van der Waals surface area contributed by atoms with E-state index in [-0.39, 0.29) is 23.5 Å². The van der Waals surface area contributed by atoms with E-state index in [2.05, 4.69) is 20.3 Å². The van der Waals surface area contributed by atoms with Gasteiger partial charge in [0.2, 0.25) is 23.5 Å². The average molecular weight is 310 g/mol. The molecule has 1 aromatic carbocycles. The molecule has 2 amide bonds. The Kier molecular flexibility index (Phi) is 2.64. The zero-order chi connectivity index (χ0) is 16.1. The smallest absolute Gasteiger partial charge is 0.230 e. The van der Waals surface area contributed by atoms with Crippen LogP contribution in [0.25, 0.3) is 11.0 Å². The standard InChI is InChI=1S/C14H10N6O3/c1-7(21)19-11-5-9-10(16-4-3-15-9)6-12(11)20(8(2)22)14-13(19)17-23-18-14/h3-6H,1-2H3. The Bertz CT molecular complexity index is 891. The number of nitrogens with zero attached hydrogens (tertiary/aromatic N) is 6. The zero-order valence-corrected chi connectivity index (χ0v) is 12.2. The van der Waals surface area contributed by atoms with Crippen molar-refractivity contribution in [3.63, 3.8) is 0 Å². The van der Waals surface area contributed by atoms with Gasteiger partial charge in [0.1, 0.15) is 0 Å². The molecule has 0 bridgehead atoms. The van der Waals surface area contributed by atoms with Crippen molar-refractivity contribution in [2.24, 2.45) is 0 Å². The summed E-state index contributed by atoms with van der Waals surface area (Å²) in [6.07, 6.45) is 3.11. The van der Waals surface area contributed by atoms with E-state index in [4.69, 9.17) is 4.63 Å². The first-order valence-electron chi connectivity index (χ1n) is 6.76. The summed E-state index contributed by atoms with van der Waals surface area (Å²) in [5.74, 6) is -0.226. The molecule has 2 aromatic heterocycles. The molecule has 0 saturated carbocycles. The zero-order valence-electron chi connectivity index (χ0n) is 12.2. The molecule has 1 aliphatic heterocycles. The molecule has 0 unspecified atom stereocenters. The van der Waals surface area contributed by atoms with Gasteiger partial charge in [0, 0.05) is 26.2 Å². The summed E-state index contributed by atoms with van der Waals surface area (Å²) >= 11 is 0. The molecule has 0 aliphatic carbocycles. The number of anilines is 4. The molecule has 0 fully saturated rings. The van der Waals surface area contributed by atoms with E-state index in [0.717, 1.165) is 0 Å². The summed E-state index contributed by atoms with van der Waals surface area (Å²) < 4.78 is 4.74. The van der Waals surface area contributed by atoms with Crippen LogP contribution in [-0.2, 0) is 9.59 Å². The number of benzene rings is 1. The Hall–Kier alpha value is -3.36. The number of carbonyl (C=O) groups excluding carboxylic acids is 2. The molecule has 0 atom stereocenters. The van der Waals surface area contributed by atoms with Crippen molar-refractivity contribution < 1.29 is 14.2 Å². The molecule has 4 rings (SSSR count). The third kappa shape index (κ3) is 1.79. The second kappa shape index (κ2) is 4.57. The molecule has 0 spiro atoms. The van der Waals surface area contributed by atoms with Crippen molar-refractivity contribution in [3.8, 4) is 0 Å². The summed E-state index contributed by atoms with van der Waals surface area (Å²) in [4.78, 5) is 35.4. The van der Waals surface area contributed by atoms with Gasteiger partial charge in [-0.1, -0.05) is 0 Å². The highest BCUT2D eigenvalue weighted by molar-refractivity contribution is 6.15. The maximum absolute atomic E-state index is 12.1. The van der Waals surface area contributed by atoms with E-state index in [0.29, 0.717) is 22.4 Å². The van der Waals surface area contributed by atoms with Gasteiger partial charge < -0.3 is 0 Å². The summed E-state index contributed by atoms with van der Waals surface area (Å²) in [6, 6.07) is 3.37. The molecule has 3 heterocycles. The van der Waals surface area contributed by atoms with Gasteiger partial charge in [0.15, 0.2) is 0 Å². The molecule has 0 N–H and O–H groups in total. The van der Waals surface area contributed by atoms with Crippen molar-refractivity contribution in [3.05, 3.63) is 24.5 Å². The lowest BCUT2D eigenvalue weighted by Gasteiger charge is -2.32. The van der Waals surface area contributed by atoms with Crippen molar-refractivity contribution >= 4 is 45.9 Å². The minimum absolute atomic E-state index is 0.170. The third-order valence-electron chi connectivity index (χ3n) is 3.56. The van der Waals surface area contributed by atoms with Crippen LogP contribution in [0.5, 0.6) is 0 Å². The Morgan fingerprint density at radius 2 is 1.30 bits per heavy atom. The molecular formula is C14H10N6O3. The number of fused-ring (bicyclic) bond motifs is 3. The van der Waals surface area contributed by atoms with Gasteiger partial charge in [-0.05, 0) is 22.4 Å². The van der Waals surface area contributed by atoms with E-state index in [1.165, 1.54) is 23.6 Å². The fourth-order valence-corrected chi connectivity index (χ4v) is 2.67. The maximum atomic E-state index is 12.1. The van der Waals surface area contributed by atoms with Crippen LogP contribution in [0, 0.1) is 0 Å². The van der Waals surface area contributed by atoms with E-state index < -0.39 is 0 Å². The molecule has 23 heavy (non-hydrogen) atoms. The van der Waals surface area contributed by atoms with Gasteiger partial charge in [-0.2, -0.15) is 0 Å². The van der Waals surface area contributed by atoms with Gasteiger partial charge in [0.25, 0.3) is 0 Å². The number of hydrogen-bond donors (Lipinski definition) is 0. The lowest BCUT2D eigenvalue weighted by molar-refractivity contribution is -0.117. The number of carbonyl (C=O) groups is 2. The number of rotatable bonds is 0. The van der Waals surface area contributed by atoms with Crippen LogP contribution in [-0.4, -0.2) is 32.1 Å². The van der Waals surface area contributed by atoms with Crippen LogP contribution in [0.3, 0.4) is 0 Å². The Morgan fingerprint density at radius 3 is 1.70 bits per heavy atom. The van der Waals surface area contributed by atoms with Crippen molar-refractivity contribution in [1.82, 2.24) is 20.3 Å². The summed E-state index contributed by atoms with van der Waals surface area (Å²) in [5.41, 5.74) is 2.15. The van der Waals surface area contributed by atoms with Gasteiger partial charge in [-0.25, -0.2) is 4.63 Å². The largest absolute Gasteiger partial charge is 0.274 e. The number of amides is 2. The van der Waals surface area contributed by atoms with Crippen molar-refractivity contribution in [2.75, 3.05) is 9.80 Å². The molecule has 1 aliphatic rings. The first-order chi connectivity index (χ1) is 11.1. The highest BCUT2D eigenvalue weighted by Gasteiger charge is 2.37. The number of aromatic nitrogens is 4. The summed E-state index contributed by atoms with van der Waals surface area (Å²) in [5, 5.41) is 7.52. The normalized spacial score (nSPS) is 13.0. The lowest BCUT2D eigenvalue weighted by atomic mass is 10.1. The molecular weight excluding hydrogens is 300 g/mol. The van der Waals surface area contributed by atoms with Crippen LogP contribution in [0.15, 0.2) is 29.2 Å². The quantitative estimate of drug-likeness (QED) is 0.622. The Balaban J connectivity index is 2.09. The van der Waals surface area contributed by atoms with Crippen LogP contribution in [0.2, 0.25) is 0 Å². The van der Waals surface area contributed by atoms with E-state index >= 15 is 0 Å². The highest BCUT2D eigenvalue weighted by atomic mass is 16.6. The van der Waals surface area contributed by atoms with Gasteiger partial charge in [0.05, 0.1) is 22.4 Å². The highest BCUT2D eigenvalue weighted by Crippen LogP contribution is 2.47. The molecule has 0 saturated heterocycles. The lowest BCUT2D eigenvalue weighted by Crippen LogP contribution is -2.34. The van der Waals surface area contributed by atoms with Gasteiger partial charge in [-0.15, -0.1) is 0 Å². The van der Waals surface area contributed by atoms with E-state index in [9.17, 15) is 9.59 Å². The Labute approximate surface area is 129 Å². The topological polar surface area (TPSA) is 105 Å². The summed E-state index contributed by atoms with van der Waals surface area (Å²) in [6.45, 7) is 2.79. The average Bonchev–Trinajstić information content (AvgIpc) is 2.97. The molecule has 114 valence electrons. The van der Waals surface area contributed by atoms with Gasteiger partial charge >= 0.3 is 0 Å². The van der Waals surface area contributed by atoms with Gasteiger partial charge in [-0.3, -0.25) is 29.4 Å². The second-order valence-electron chi connectivity index (χ2n) is 5.01.